The number of hydrogen-bond acceptors (Lipinski definition) is 4. The van der Waals surface area contributed by atoms with Crippen LogP contribution in [-0.2, 0) is 13.6 Å². The predicted molar refractivity (Wildman–Crippen MR) is 97.9 cm³/mol. The van der Waals surface area contributed by atoms with Crippen molar-refractivity contribution < 1.29 is 9.47 Å². The zero-order chi connectivity index (χ0) is 17.6. The molecule has 0 aliphatic heterocycles. The monoisotopic (exact) mass is 337 g/mol. The Morgan fingerprint density at radius 2 is 1.72 bits per heavy atom. The van der Waals surface area contributed by atoms with Gasteiger partial charge in [-0.1, -0.05) is 30.3 Å². The van der Waals surface area contributed by atoms with E-state index < -0.39 is 0 Å². The standard InChI is InChI=1S/C20H23N3O2/c1-23-10-9-21-20(23)19(22-14-15-7-5-4-6-8-15)16-11-17(24-2)13-18(12-16)25-3/h4-13,19,22H,14H2,1-3H3. The highest BCUT2D eigenvalue weighted by molar-refractivity contribution is 5.41. The lowest BCUT2D eigenvalue weighted by Crippen LogP contribution is -2.25. The molecule has 2 aromatic carbocycles. The van der Waals surface area contributed by atoms with Gasteiger partial charge in [0.25, 0.3) is 0 Å². The van der Waals surface area contributed by atoms with E-state index in [9.17, 15) is 0 Å². The first-order valence-corrected chi connectivity index (χ1v) is 8.18. The molecule has 5 nitrogen and oxygen atoms in total. The highest BCUT2D eigenvalue weighted by Gasteiger charge is 2.19. The SMILES string of the molecule is COc1cc(OC)cc(C(NCc2ccccc2)c2nccn2C)c1. The number of benzene rings is 2. The molecule has 0 fully saturated rings. The van der Waals surface area contributed by atoms with Crippen LogP contribution in [0, 0.1) is 0 Å². The minimum Gasteiger partial charge on any atom is -0.497 e. The topological polar surface area (TPSA) is 48.3 Å². The summed E-state index contributed by atoms with van der Waals surface area (Å²) in [5, 5.41) is 3.60. The van der Waals surface area contributed by atoms with Crippen LogP contribution in [0.3, 0.4) is 0 Å². The summed E-state index contributed by atoms with van der Waals surface area (Å²) in [7, 11) is 5.31. The Labute approximate surface area is 148 Å². The van der Waals surface area contributed by atoms with Crippen LogP contribution in [0.2, 0.25) is 0 Å². The van der Waals surface area contributed by atoms with Gasteiger partial charge in [-0.25, -0.2) is 4.98 Å². The maximum atomic E-state index is 5.42. The molecule has 1 atom stereocenters. The molecule has 25 heavy (non-hydrogen) atoms. The third kappa shape index (κ3) is 4.00. The summed E-state index contributed by atoms with van der Waals surface area (Å²) in [6, 6.07) is 16.1. The quantitative estimate of drug-likeness (QED) is 0.718. The zero-order valence-corrected chi connectivity index (χ0v) is 14.8. The van der Waals surface area contributed by atoms with Gasteiger partial charge in [0.2, 0.25) is 0 Å². The molecule has 5 heteroatoms. The second-order valence-corrected chi connectivity index (χ2v) is 5.84. The van der Waals surface area contributed by atoms with Crippen LogP contribution < -0.4 is 14.8 Å². The van der Waals surface area contributed by atoms with Crippen LogP contribution in [0.15, 0.2) is 60.9 Å². The van der Waals surface area contributed by atoms with Crippen molar-refractivity contribution in [2.75, 3.05) is 14.2 Å². The highest BCUT2D eigenvalue weighted by Crippen LogP contribution is 2.29. The normalized spacial score (nSPS) is 12.0. The van der Waals surface area contributed by atoms with Gasteiger partial charge in [-0.3, -0.25) is 5.32 Å². The molecule has 1 heterocycles. The summed E-state index contributed by atoms with van der Waals surface area (Å²) >= 11 is 0. The molecule has 0 aliphatic rings. The van der Waals surface area contributed by atoms with Gasteiger partial charge in [0.05, 0.1) is 20.3 Å². The lowest BCUT2D eigenvalue weighted by atomic mass is 10.0. The summed E-state index contributed by atoms with van der Waals surface area (Å²) in [5.41, 5.74) is 2.26. The summed E-state index contributed by atoms with van der Waals surface area (Å²) in [6.07, 6.45) is 3.76. The molecule has 3 aromatic rings. The predicted octanol–water partition coefficient (Wildman–Crippen LogP) is 3.32. The second-order valence-electron chi connectivity index (χ2n) is 5.84. The Hall–Kier alpha value is -2.79. The smallest absolute Gasteiger partial charge is 0.130 e. The van der Waals surface area contributed by atoms with E-state index in [0.29, 0.717) is 0 Å². The molecule has 0 spiro atoms. The summed E-state index contributed by atoms with van der Waals surface area (Å²) in [4.78, 5) is 4.53. The fourth-order valence-corrected chi connectivity index (χ4v) is 2.83. The minimum absolute atomic E-state index is 0.0794. The molecule has 3 rings (SSSR count). The molecule has 1 N–H and O–H groups in total. The van der Waals surface area contributed by atoms with Gasteiger partial charge in [-0.2, -0.15) is 0 Å². The van der Waals surface area contributed by atoms with Crippen molar-refractivity contribution in [1.82, 2.24) is 14.9 Å². The summed E-state index contributed by atoms with van der Waals surface area (Å²) < 4.78 is 12.9. The maximum absolute atomic E-state index is 5.42. The zero-order valence-electron chi connectivity index (χ0n) is 14.8. The summed E-state index contributed by atoms with van der Waals surface area (Å²) in [5.74, 6) is 2.45. The van der Waals surface area contributed by atoms with Crippen LogP contribution in [-0.4, -0.2) is 23.8 Å². The molecule has 0 saturated carbocycles. The first kappa shape index (κ1) is 17.0. The van der Waals surface area contributed by atoms with E-state index in [4.69, 9.17) is 9.47 Å². The molecule has 130 valence electrons. The second kappa shape index (κ2) is 7.85. The lowest BCUT2D eigenvalue weighted by Gasteiger charge is -2.20. The number of rotatable bonds is 7. The molecular weight excluding hydrogens is 314 g/mol. The maximum Gasteiger partial charge on any atom is 0.130 e. The number of hydrogen-bond donors (Lipinski definition) is 1. The van der Waals surface area contributed by atoms with Crippen molar-refractivity contribution in [2.45, 2.75) is 12.6 Å². The van der Waals surface area contributed by atoms with Crippen molar-refractivity contribution in [3.8, 4) is 11.5 Å². The number of imidazole rings is 1. The van der Waals surface area contributed by atoms with Gasteiger partial charge >= 0.3 is 0 Å². The average Bonchev–Trinajstić information content (AvgIpc) is 3.08. The largest absolute Gasteiger partial charge is 0.497 e. The lowest BCUT2D eigenvalue weighted by molar-refractivity contribution is 0.392. The van der Waals surface area contributed by atoms with E-state index in [0.717, 1.165) is 29.4 Å². The molecule has 1 unspecified atom stereocenters. The van der Waals surface area contributed by atoms with Crippen molar-refractivity contribution in [3.05, 3.63) is 77.9 Å². The van der Waals surface area contributed by atoms with E-state index in [1.165, 1.54) is 5.56 Å². The van der Waals surface area contributed by atoms with E-state index >= 15 is 0 Å². The molecule has 0 aliphatic carbocycles. The number of aryl methyl sites for hydroxylation is 1. The number of nitrogens with one attached hydrogen (secondary N) is 1. The van der Waals surface area contributed by atoms with Crippen molar-refractivity contribution >= 4 is 0 Å². The van der Waals surface area contributed by atoms with Crippen molar-refractivity contribution in [1.29, 1.82) is 0 Å². The van der Waals surface area contributed by atoms with E-state index in [-0.39, 0.29) is 6.04 Å². The van der Waals surface area contributed by atoms with Gasteiger partial charge in [-0.05, 0) is 23.3 Å². The highest BCUT2D eigenvalue weighted by atomic mass is 16.5. The third-order valence-electron chi connectivity index (χ3n) is 4.18. The fraction of sp³-hybridized carbons (Fsp3) is 0.250. The van der Waals surface area contributed by atoms with Crippen LogP contribution in [0.5, 0.6) is 11.5 Å². The summed E-state index contributed by atoms with van der Waals surface area (Å²) in [6.45, 7) is 0.734. The number of ether oxygens (including phenoxy) is 2. The van der Waals surface area contributed by atoms with Crippen LogP contribution >= 0.6 is 0 Å². The average molecular weight is 337 g/mol. The van der Waals surface area contributed by atoms with E-state index in [1.807, 2.05) is 60.4 Å². The van der Waals surface area contributed by atoms with Crippen LogP contribution in [0.25, 0.3) is 0 Å². The van der Waals surface area contributed by atoms with Gasteiger partial charge in [0.15, 0.2) is 0 Å². The Kier molecular flexibility index (Phi) is 5.36. The first-order chi connectivity index (χ1) is 12.2. The molecule has 0 saturated heterocycles. The minimum atomic E-state index is -0.0794. The van der Waals surface area contributed by atoms with E-state index in [1.54, 1.807) is 14.2 Å². The van der Waals surface area contributed by atoms with Crippen molar-refractivity contribution in [2.24, 2.45) is 7.05 Å². The number of methoxy groups -OCH3 is 2. The molecule has 0 bridgehead atoms. The van der Waals surface area contributed by atoms with Crippen LogP contribution in [0.4, 0.5) is 0 Å². The Balaban J connectivity index is 1.95. The number of nitrogens with zero attached hydrogens (tertiary/aromatic N) is 2. The fourth-order valence-electron chi connectivity index (χ4n) is 2.83. The number of aromatic nitrogens is 2. The van der Waals surface area contributed by atoms with Crippen molar-refractivity contribution in [3.63, 3.8) is 0 Å². The molecule has 1 aromatic heterocycles. The Bertz CT molecular complexity index is 793. The molecule has 0 radical (unpaired) electrons. The first-order valence-electron chi connectivity index (χ1n) is 8.18. The van der Waals surface area contributed by atoms with Gasteiger partial charge in [0, 0.05) is 32.1 Å². The van der Waals surface area contributed by atoms with Gasteiger partial charge in [0.1, 0.15) is 17.3 Å². The molecular formula is C20H23N3O2. The van der Waals surface area contributed by atoms with Gasteiger partial charge < -0.3 is 14.0 Å². The van der Waals surface area contributed by atoms with E-state index in [2.05, 4.69) is 22.4 Å². The van der Waals surface area contributed by atoms with Crippen LogP contribution in [0.1, 0.15) is 23.0 Å². The molecule has 0 amide bonds. The van der Waals surface area contributed by atoms with Gasteiger partial charge in [-0.15, -0.1) is 0 Å². The third-order valence-corrected chi connectivity index (χ3v) is 4.18. The Morgan fingerprint density at radius 3 is 2.28 bits per heavy atom. The Morgan fingerprint density at radius 1 is 1.04 bits per heavy atom.